The van der Waals surface area contributed by atoms with E-state index in [1.807, 2.05) is 18.3 Å². The number of benzene rings is 10. The highest BCUT2D eigenvalue weighted by atomic mass is 15.1. The van der Waals surface area contributed by atoms with Gasteiger partial charge < -0.3 is 14.0 Å². The van der Waals surface area contributed by atoms with Gasteiger partial charge in [-0.2, -0.15) is 0 Å². The second-order valence-corrected chi connectivity index (χ2v) is 17.6. The number of hydrogen-bond donors (Lipinski definition) is 0. The van der Waals surface area contributed by atoms with Crippen molar-refractivity contribution in [2.45, 2.75) is 0 Å². The Hall–Kier alpha value is -9.25. The van der Waals surface area contributed by atoms with E-state index in [9.17, 15) is 0 Å². The second-order valence-electron chi connectivity index (χ2n) is 17.6. The number of hydrogen-bond acceptors (Lipinski definition) is 2. The first kappa shape index (κ1) is 40.1. The molecule has 0 fully saturated rings. The Labute approximate surface area is 400 Å². The third-order valence-corrected chi connectivity index (χ3v) is 13.5. The molecule has 0 saturated carbocycles. The minimum Gasteiger partial charge on any atom is -0.311 e. The van der Waals surface area contributed by atoms with Crippen LogP contribution in [0.1, 0.15) is 0 Å². The van der Waals surface area contributed by atoms with Crippen molar-refractivity contribution in [2.75, 3.05) is 4.90 Å². The van der Waals surface area contributed by atoms with Crippen molar-refractivity contribution < 1.29 is 0 Å². The van der Waals surface area contributed by atoms with Crippen LogP contribution in [0.15, 0.2) is 267 Å². The van der Waals surface area contributed by atoms with Crippen LogP contribution in [-0.2, 0) is 0 Å². The molecule has 0 aliphatic rings. The van der Waals surface area contributed by atoms with E-state index in [-0.39, 0.29) is 0 Å². The van der Waals surface area contributed by atoms with Gasteiger partial charge in [-0.15, -0.1) is 0 Å². The fraction of sp³-hybridized carbons (Fsp3) is 0. The van der Waals surface area contributed by atoms with Crippen molar-refractivity contribution in [3.05, 3.63) is 267 Å². The van der Waals surface area contributed by atoms with E-state index in [4.69, 9.17) is 0 Å². The lowest BCUT2D eigenvalue weighted by Gasteiger charge is -2.25. The molecule has 3 heterocycles. The lowest BCUT2D eigenvalue weighted by Crippen LogP contribution is -2.09. The highest BCUT2D eigenvalue weighted by Gasteiger charge is 2.19. The fourth-order valence-corrected chi connectivity index (χ4v) is 10.3. The molecule has 4 nitrogen and oxygen atoms in total. The van der Waals surface area contributed by atoms with Crippen LogP contribution in [0.4, 0.5) is 17.1 Å². The molecule has 0 unspecified atom stereocenters. The second kappa shape index (κ2) is 16.9. The molecule has 0 amide bonds. The summed E-state index contributed by atoms with van der Waals surface area (Å²) in [5, 5.41) is 4.85. The number of rotatable bonds is 9. The summed E-state index contributed by atoms with van der Waals surface area (Å²) < 4.78 is 4.80. The first-order chi connectivity index (χ1) is 34.2. The summed E-state index contributed by atoms with van der Waals surface area (Å²) >= 11 is 0. The minimum atomic E-state index is 0.967. The Bertz CT molecular complexity index is 3930. The molecule has 13 aromatic rings. The number of anilines is 3. The number of nitrogens with zero attached hydrogens (tertiary/aromatic N) is 4. The molecular weight excluding hydrogens is 837 g/mol. The lowest BCUT2D eigenvalue weighted by atomic mass is 9.97. The summed E-state index contributed by atoms with van der Waals surface area (Å²) in [4.78, 5) is 6.95. The zero-order valence-electron chi connectivity index (χ0n) is 37.7. The van der Waals surface area contributed by atoms with Gasteiger partial charge in [-0.25, -0.2) is 0 Å². The monoisotopic (exact) mass is 880 g/mol. The Morgan fingerprint density at radius 2 is 0.623 bits per heavy atom. The van der Waals surface area contributed by atoms with E-state index in [2.05, 4.69) is 268 Å². The SMILES string of the molecule is c1ccc(N(c2ccccc2)c2ccc(-c3ccc4c(c3)c3cc(-c5ccc6c(c5)c5cc(-c7cccc(-c8ccccn8)c7)ccc5n6-c5ccccc5)ccc3n4-c3ccccc3)cc2)cc1. The number of aromatic nitrogens is 3. The summed E-state index contributed by atoms with van der Waals surface area (Å²) in [6.07, 6.45) is 1.85. The number of pyridine rings is 1. The number of para-hydroxylation sites is 4. The van der Waals surface area contributed by atoms with Crippen LogP contribution in [0.3, 0.4) is 0 Å². The molecule has 4 heteroatoms. The molecule has 0 spiro atoms. The molecule has 0 aliphatic carbocycles. The topological polar surface area (TPSA) is 26.0 Å². The molecular formula is C65H44N4. The summed E-state index contributed by atoms with van der Waals surface area (Å²) in [5.74, 6) is 0. The van der Waals surface area contributed by atoms with Crippen molar-refractivity contribution in [3.8, 4) is 56.0 Å². The maximum Gasteiger partial charge on any atom is 0.0702 e. The van der Waals surface area contributed by atoms with Crippen molar-refractivity contribution in [2.24, 2.45) is 0 Å². The Morgan fingerprint density at radius 3 is 1.06 bits per heavy atom. The molecule has 0 bridgehead atoms. The van der Waals surface area contributed by atoms with Gasteiger partial charge in [-0.05, 0) is 161 Å². The van der Waals surface area contributed by atoms with Crippen LogP contribution in [0.25, 0.3) is 99.6 Å². The normalized spacial score (nSPS) is 11.5. The van der Waals surface area contributed by atoms with Gasteiger partial charge in [-0.1, -0.05) is 133 Å². The summed E-state index contributed by atoms with van der Waals surface area (Å²) in [7, 11) is 0. The molecule has 0 saturated heterocycles. The first-order valence-electron chi connectivity index (χ1n) is 23.5. The molecule has 69 heavy (non-hydrogen) atoms. The van der Waals surface area contributed by atoms with Crippen LogP contribution in [0.5, 0.6) is 0 Å². The van der Waals surface area contributed by atoms with Gasteiger partial charge in [-0.3, -0.25) is 4.98 Å². The molecule has 13 rings (SSSR count). The van der Waals surface area contributed by atoms with Gasteiger partial charge in [0.25, 0.3) is 0 Å². The zero-order chi connectivity index (χ0) is 45.7. The third kappa shape index (κ3) is 7.14. The van der Waals surface area contributed by atoms with E-state index < -0.39 is 0 Å². The maximum atomic E-state index is 4.64. The average Bonchev–Trinajstić information content (AvgIpc) is 3.94. The smallest absolute Gasteiger partial charge is 0.0702 e. The van der Waals surface area contributed by atoms with Gasteiger partial charge in [0.1, 0.15) is 0 Å². The van der Waals surface area contributed by atoms with Crippen LogP contribution in [-0.4, -0.2) is 14.1 Å². The Morgan fingerprint density at radius 1 is 0.261 bits per heavy atom. The average molecular weight is 881 g/mol. The Balaban J connectivity index is 0.944. The van der Waals surface area contributed by atoms with Crippen molar-refractivity contribution in [1.82, 2.24) is 14.1 Å². The molecule has 0 aliphatic heterocycles. The lowest BCUT2D eigenvalue weighted by molar-refractivity contribution is 1.18. The van der Waals surface area contributed by atoms with E-state index in [0.29, 0.717) is 0 Å². The highest BCUT2D eigenvalue weighted by molar-refractivity contribution is 6.14. The standard InChI is InChI=1S/C65H44N4/c1-5-18-52(19-6-1)67(53-20-7-2-8-21-53)56-33-27-45(28-34-56)47-29-35-62-57(41-47)59-43-49(31-37-64(59)68(62)54-22-9-3-10-23-54)50-32-38-65-60(44-50)58-42-48(30-36-63(58)69(65)55-24-11-4-12-25-55)46-16-15-17-51(40-46)61-26-13-14-39-66-61/h1-44H. The van der Waals surface area contributed by atoms with E-state index >= 15 is 0 Å². The van der Waals surface area contributed by atoms with Gasteiger partial charge in [0.15, 0.2) is 0 Å². The molecule has 0 N–H and O–H groups in total. The van der Waals surface area contributed by atoms with E-state index in [1.54, 1.807) is 0 Å². The third-order valence-electron chi connectivity index (χ3n) is 13.5. The number of fused-ring (bicyclic) bond motifs is 6. The van der Waals surface area contributed by atoms with Gasteiger partial charge in [0.05, 0.1) is 27.8 Å². The molecule has 0 atom stereocenters. The quantitative estimate of drug-likeness (QED) is 0.144. The maximum absolute atomic E-state index is 4.64. The molecule has 3 aromatic heterocycles. The van der Waals surface area contributed by atoms with Gasteiger partial charge >= 0.3 is 0 Å². The highest BCUT2D eigenvalue weighted by Crippen LogP contribution is 2.42. The molecule has 10 aromatic carbocycles. The fourth-order valence-electron chi connectivity index (χ4n) is 10.3. The minimum absolute atomic E-state index is 0.967. The summed E-state index contributed by atoms with van der Waals surface area (Å²) in [5.41, 5.74) is 19.4. The van der Waals surface area contributed by atoms with Crippen LogP contribution in [0, 0.1) is 0 Å². The molecule has 324 valence electrons. The zero-order valence-corrected chi connectivity index (χ0v) is 37.7. The predicted octanol–water partition coefficient (Wildman–Crippen LogP) is 17.4. The first-order valence-corrected chi connectivity index (χ1v) is 23.5. The van der Waals surface area contributed by atoms with Crippen LogP contribution < -0.4 is 4.90 Å². The predicted molar refractivity (Wildman–Crippen MR) is 289 cm³/mol. The van der Waals surface area contributed by atoms with E-state index in [0.717, 1.165) is 45.3 Å². The van der Waals surface area contributed by atoms with Crippen molar-refractivity contribution in [1.29, 1.82) is 0 Å². The summed E-state index contributed by atoms with van der Waals surface area (Å²) in [6, 6.07) is 94.1. The van der Waals surface area contributed by atoms with E-state index in [1.165, 1.54) is 71.4 Å². The van der Waals surface area contributed by atoms with Crippen LogP contribution >= 0.6 is 0 Å². The summed E-state index contributed by atoms with van der Waals surface area (Å²) in [6.45, 7) is 0. The Kier molecular flexibility index (Phi) is 9.80. The largest absolute Gasteiger partial charge is 0.311 e. The van der Waals surface area contributed by atoms with Crippen molar-refractivity contribution in [3.63, 3.8) is 0 Å². The van der Waals surface area contributed by atoms with Gasteiger partial charge in [0.2, 0.25) is 0 Å². The molecule has 0 radical (unpaired) electrons. The van der Waals surface area contributed by atoms with Crippen molar-refractivity contribution >= 4 is 60.7 Å². The van der Waals surface area contributed by atoms with Crippen LogP contribution in [0.2, 0.25) is 0 Å². The van der Waals surface area contributed by atoms with Gasteiger partial charge in [0, 0.05) is 61.7 Å².